The fourth-order valence-corrected chi connectivity index (χ4v) is 2.67. The van der Waals surface area contributed by atoms with Crippen LogP contribution in [0.15, 0.2) is 24.4 Å². The first-order valence-electron chi connectivity index (χ1n) is 8.00. The lowest BCUT2D eigenvalue weighted by molar-refractivity contribution is 0.00578. The van der Waals surface area contributed by atoms with Crippen molar-refractivity contribution in [2.24, 2.45) is 0 Å². The zero-order valence-electron chi connectivity index (χ0n) is 14.8. The summed E-state index contributed by atoms with van der Waals surface area (Å²) in [6.45, 7) is 12.9. The molecule has 2 aromatic heterocycles. The summed E-state index contributed by atoms with van der Waals surface area (Å²) < 4.78 is 14.1. The highest BCUT2D eigenvalue weighted by atomic mass is 16.7. The van der Waals surface area contributed by atoms with E-state index in [1.165, 1.54) is 0 Å². The monoisotopic (exact) mass is 313 g/mol. The Labute approximate surface area is 138 Å². The molecule has 0 spiro atoms. The summed E-state index contributed by atoms with van der Waals surface area (Å²) in [5, 5.41) is 4.59. The van der Waals surface area contributed by atoms with Crippen molar-refractivity contribution in [1.29, 1.82) is 0 Å². The summed E-state index contributed by atoms with van der Waals surface area (Å²) in [6.07, 6.45) is 2.00. The smallest absolute Gasteiger partial charge is 0.399 e. The van der Waals surface area contributed by atoms with Crippen molar-refractivity contribution in [2.45, 2.75) is 59.3 Å². The van der Waals surface area contributed by atoms with E-state index in [1.807, 2.05) is 42.9 Å². The summed E-state index contributed by atoms with van der Waals surface area (Å²) in [6, 6.07) is 6.02. The molecule has 0 saturated carbocycles. The van der Waals surface area contributed by atoms with Crippen LogP contribution in [0.5, 0.6) is 0 Å². The third-order valence-corrected chi connectivity index (χ3v) is 4.76. The predicted molar refractivity (Wildman–Crippen MR) is 90.8 cm³/mol. The average Bonchev–Trinajstić information content (AvgIpc) is 2.87. The molecule has 0 aromatic carbocycles. The number of hydrogen-bond acceptors (Lipinski definition) is 4. The van der Waals surface area contributed by atoms with Crippen LogP contribution in [0.2, 0.25) is 0 Å². The third-order valence-electron chi connectivity index (χ3n) is 4.76. The lowest BCUT2D eigenvalue weighted by Crippen LogP contribution is -2.41. The number of rotatable bonds is 3. The Morgan fingerprint density at radius 3 is 2.35 bits per heavy atom. The second-order valence-corrected chi connectivity index (χ2v) is 7.23. The topological polar surface area (TPSA) is 49.2 Å². The molecule has 0 amide bonds. The van der Waals surface area contributed by atoms with Crippen molar-refractivity contribution in [1.82, 2.24) is 14.8 Å². The molecule has 0 unspecified atom stereocenters. The number of nitrogens with zero attached hydrogens (tertiary/aromatic N) is 3. The van der Waals surface area contributed by atoms with Gasteiger partial charge < -0.3 is 9.31 Å². The maximum Gasteiger partial charge on any atom is 0.498 e. The van der Waals surface area contributed by atoms with Gasteiger partial charge in [0.1, 0.15) is 0 Å². The second kappa shape index (κ2) is 5.46. The van der Waals surface area contributed by atoms with Crippen LogP contribution >= 0.6 is 0 Å². The molecule has 0 N–H and O–H groups in total. The van der Waals surface area contributed by atoms with E-state index in [0.29, 0.717) is 6.54 Å². The van der Waals surface area contributed by atoms with Crippen molar-refractivity contribution >= 4 is 12.6 Å². The van der Waals surface area contributed by atoms with Crippen molar-refractivity contribution in [3.8, 4) is 0 Å². The van der Waals surface area contributed by atoms with Crippen LogP contribution in [0.3, 0.4) is 0 Å². The van der Waals surface area contributed by atoms with Crippen molar-refractivity contribution < 1.29 is 9.31 Å². The molecule has 0 radical (unpaired) electrons. The zero-order valence-corrected chi connectivity index (χ0v) is 14.8. The number of aryl methyl sites for hydroxylation is 2. The van der Waals surface area contributed by atoms with Gasteiger partial charge in [-0.15, -0.1) is 0 Å². The molecule has 0 atom stereocenters. The normalized spacial score (nSPS) is 19.3. The second-order valence-electron chi connectivity index (χ2n) is 7.23. The van der Waals surface area contributed by atoms with Gasteiger partial charge in [-0.05, 0) is 53.7 Å². The van der Waals surface area contributed by atoms with E-state index in [-0.39, 0.29) is 18.3 Å². The number of pyridine rings is 1. The van der Waals surface area contributed by atoms with Gasteiger partial charge in [0.2, 0.25) is 0 Å². The molecule has 122 valence electrons. The Morgan fingerprint density at radius 2 is 1.74 bits per heavy atom. The highest BCUT2D eigenvalue weighted by molar-refractivity contribution is 6.62. The number of hydrogen-bond donors (Lipinski definition) is 0. The van der Waals surface area contributed by atoms with Crippen LogP contribution in [0.4, 0.5) is 0 Å². The molecule has 0 bridgehead atoms. The summed E-state index contributed by atoms with van der Waals surface area (Å²) in [4.78, 5) is 4.53. The summed E-state index contributed by atoms with van der Waals surface area (Å²) >= 11 is 0. The highest BCUT2D eigenvalue weighted by Crippen LogP contribution is 2.36. The largest absolute Gasteiger partial charge is 0.498 e. The van der Waals surface area contributed by atoms with Crippen molar-refractivity contribution in [2.75, 3.05) is 0 Å². The molecular weight excluding hydrogens is 289 g/mol. The first-order valence-corrected chi connectivity index (χ1v) is 8.00. The molecule has 0 aliphatic carbocycles. The van der Waals surface area contributed by atoms with E-state index < -0.39 is 0 Å². The molecule has 3 rings (SSSR count). The van der Waals surface area contributed by atoms with Crippen LogP contribution in [-0.4, -0.2) is 33.1 Å². The van der Waals surface area contributed by atoms with Crippen molar-refractivity contribution in [3.05, 3.63) is 41.5 Å². The molecular formula is C17H24BN3O2. The van der Waals surface area contributed by atoms with E-state index in [2.05, 4.69) is 37.8 Å². The van der Waals surface area contributed by atoms with Gasteiger partial charge in [0, 0.05) is 17.4 Å². The average molecular weight is 313 g/mol. The Hall–Kier alpha value is -1.66. The lowest BCUT2D eigenvalue weighted by atomic mass is 9.79. The molecule has 3 heterocycles. The zero-order chi connectivity index (χ0) is 16.8. The van der Waals surface area contributed by atoms with E-state index in [1.54, 1.807) is 0 Å². The molecule has 5 nitrogen and oxygen atoms in total. The Kier molecular flexibility index (Phi) is 3.85. The molecule has 23 heavy (non-hydrogen) atoms. The van der Waals surface area contributed by atoms with Gasteiger partial charge >= 0.3 is 7.12 Å². The molecule has 1 fully saturated rings. The fraction of sp³-hybridized carbons (Fsp3) is 0.529. The molecule has 2 aromatic rings. The minimum atomic E-state index is -0.376. The van der Waals surface area contributed by atoms with Crippen LogP contribution < -0.4 is 5.46 Å². The molecule has 6 heteroatoms. The maximum absolute atomic E-state index is 6.12. The van der Waals surface area contributed by atoms with Gasteiger partial charge in [-0.2, -0.15) is 5.10 Å². The minimum Gasteiger partial charge on any atom is -0.399 e. The van der Waals surface area contributed by atoms with E-state index in [0.717, 1.165) is 22.5 Å². The van der Waals surface area contributed by atoms with Gasteiger partial charge in [-0.3, -0.25) is 9.67 Å². The van der Waals surface area contributed by atoms with Gasteiger partial charge in [0.15, 0.2) is 0 Å². The summed E-state index contributed by atoms with van der Waals surface area (Å²) in [5.41, 5.74) is 3.23. The fourth-order valence-electron chi connectivity index (χ4n) is 2.67. The molecule has 1 aliphatic rings. The standard InChI is InChI=1S/C17H24BN3O2/c1-12-8-7-9-14(19-12)10-21-11-15(13(2)20-21)18-22-16(3,4)17(5,6)23-18/h7-9,11H,10H2,1-6H3. The molecule has 1 aliphatic heterocycles. The summed E-state index contributed by atoms with van der Waals surface area (Å²) in [7, 11) is -0.376. The van der Waals surface area contributed by atoms with Gasteiger partial charge in [0.25, 0.3) is 0 Å². The first-order chi connectivity index (χ1) is 10.7. The van der Waals surface area contributed by atoms with Crippen molar-refractivity contribution in [3.63, 3.8) is 0 Å². The SMILES string of the molecule is Cc1cccc(Cn2cc(B3OC(C)(C)C(C)(C)O3)c(C)n2)n1. The summed E-state index contributed by atoms with van der Waals surface area (Å²) in [5.74, 6) is 0. The highest BCUT2D eigenvalue weighted by Gasteiger charge is 2.52. The Bertz CT molecular complexity index is 708. The Morgan fingerprint density at radius 1 is 1.09 bits per heavy atom. The van der Waals surface area contributed by atoms with Crippen LogP contribution in [0.1, 0.15) is 44.8 Å². The van der Waals surface area contributed by atoms with E-state index in [4.69, 9.17) is 9.31 Å². The van der Waals surface area contributed by atoms with E-state index in [9.17, 15) is 0 Å². The van der Waals surface area contributed by atoms with Crippen LogP contribution in [0, 0.1) is 13.8 Å². The minimum absolute atomic E-state index is 0.343. The predicted octanol–water partition coefficient (Wildman–Crippen LogP) is 2.24. The van der Waals surface area contributed by atoms with E-state index >= 15 is 0 Å². The lowest BCUT2D eigenvalue weighted by Gasteiger charge is -2.32. The maximum atomic E-state index is 6.12. The number of aromatic nitrogens is 3. The van der Waals surface area contributed by atoms with Crippen LogP contribution in [0.25, 0.3) is 0 Å². The van der Waals surface area contributed by atoms with Gasteiger partial charge in [-0.25, -0.2) is 0 Å². The first kappa shape index (κ1) is 16.2. The quantitative estimate of drug-likeness (QED) is 0.816. The Balaban J connectivity index is 1.82. The third kappa shape index (κ3) is 3.05. The molecule has 1 saturated heterocycles. The van der Waals surface area contributed by atoms with Crippen LogP contribution in [-0.2, 0) is 15.9 Å². The van der Waals surface area contributed by atoms with Gasteiger partial charge in [-0.1, -0.05) is 6.07 Å². The van der Waals surface area contributed by atoms with Gasteiger partial charge in [0.05, 0.1) is 29.1 Å².